The van der Waals surface area contributed by atoms with Crippen molar-refractivity contribution in [1.82, 2.24) is 9.97 Å². The minimum Gasteiger partial charge on any atom is -0.493 e. The third-order valence-corrected chi connectivity index (χ3v) is 7.31. The first-order chi connectivity index (χ1) is 14.2. The molecule has 1 aliphatic rings. The third-order valence-electron chi connectivity index (χ3n) is 5.46. The molecule has 0 saturated heterocycles. The second-order valence-electron chi connectivity index (χ2n) is 7.06. The molecule has 2 heterocycles. The highest BCUT2D eigenvalue weighted by Crippen LogP contribution is 2.41. The van der Waals surface area contributed by atoms with E-state index in [1.165, 1.54) is 26.6 Å². The van der Waals surface area contributed by atoms with Crippen LogP contribution in [0.3, 0.4) is 0 Å². The van der Waals surface area contributed by atoms with Gasteiger partial charge in [-0.05, 0) is 35.4 Å². The molecule has 0 spiro atoms. The molecular weight excluding hydrogens is 402 g/mol. The minimum absolute atomic E-state index is 0.682. The molecule has 0 atom stereocenters. The number of fused-ring (bicyclic) bond motifs is 3. The van der Waals surface area contributed by atoms with Gasteiger partial charge in [0.1, 0.15) is 0 Å². The summed E-state index contributed by atoms with van der Waals surface area (Å²) in [5, 5.41) is 7.74. The van der Waals surface area contributed by atoms with Crippen LogP contribution in [-0.2, 0) is 12.8 Å². The molecule has 7 heteroatoms. The van der Waals surface area contributed by atoms with E-state index in [1.807, 2.05) is 12.1 Å². The maximum absolute atomic E-state index is 5.40. The Kier molecular flexibility index (Phi) is 3.69. The van der Waals surface area contributed by atoms with Crippen LogP contribution in [-0.4, -0.2) is 24.2 Å². The predicted molar refractivity (Wildman–Crippen MR) is 121 cm³/mol. The Morgan fingerprint density at radius 1 is 0.862 bits per heavy atom. The van der Waals surface area contributed by atoms with E-state index < -0.39 is 0 Å². The molecule has 0 saturated carbocycles. The van der Waals surface area contributed by atoms with Crippen LogP contribution in [0.5, 0.6) is 11.5 Å². The van der Waals surface area contributed by atoms with E-state index in [4.69, 9.17) is 19.4 Å². The molecule has 2 aromatic heterocycles. The number of hydrogen-bond acceptors (Lipinski definition) is 7. The van der Waals surface area contributed by atoms with Crippen molar-refractivity contribution < 1.29 is 9.47 Å². The molecular formula is C22H17N3O2S2. The zero-order valence-corrected chi connectivity index (χ0v) is 17.5. The number of nitrogens with one attached hydrogen (secondary N) is 1. The van der Waals surface area contributed by atoms with Crippen molar-refractivity contribution in [3.63, 3.8) is 0 Å². The number of nitrogens with zero attached hydrogens (tertiary/aromatic N) is 2. The normalized spacial score (nSPS) is 12.9. The monoisotopic (exact) mass is 419 g/mol. The molecule has 0 radical (unpaired) electrons. The molecule has 0 aliphatic heterocycles. The van der Waals surface area contributed by atoms with Crippen LogP contribution in [0.1, 0.15) is 11.1 Å². The van der Waals surface area contributed by atoms with Gasteiger partial charge in [0.25, 0.3) is 0 Å². The van der Waals surface area contributed by atoms with Gasteiger partial charge in [0.15, 0.2) is 21.8 Å². The van der Waals surface area contributed by atoms with Crippen LogP contribution in [0.25, 0.3) is 31.2 Å². The second-order valence-corrected chi connectivity index (χ2v) is 9.12. The Hall–Kier alpha value is -2.90. The summed E-state index contributed by atoms with van der Waals surface area (Å²) in [6, 6.07) is 12.7. The van der Waals surface area contributed by atoms with Crippen molar-refractivity contribution in [2.24, 2.45) is 0 Å². The van der Waals surface area contributed by atoms with E-state index >= 15 is 0 Å². The third kappa shape index (κ3) is 2.58. The zero-order valence-electron chi connectivity index (χ0n) is 15.9. The zero-order chi connectivity index (χ0) is 19.5. The van der Waals surface area contributed by atoms with Gasteiger partial charge in [-0.15, -0.1) is 0 Å². The Morgan fingerprint density at radius 3 is 2.48 bits per heavy atom. The molecule has 29 heavy (non-hydrogen) atoms. The number of aryl methyl sites for hydroxylation is 2. The van der Waals surface area contributed by atoms with Crippen LogP contribution >= 0.6 is 22.7 Å². The largest absolute Gasteiger partial charge is 0.493 e. The van der Waals surface area contributed by atoms with Gasteiger partial charge in [-0.1, -0.05) is 40.9 Å². The lowest BCUT2D eigenvalue weighted by molar-refractivity contribution is 0.356. The van der Waals surface area contributed by atoms with Crippen LogP contribution in [0, 0.1) is 0 Å². The molecule has 0 bridgehead atoms. The van der Waals surface area contributed by atoms with E-state index in [9.17, 15) is 0 Å². The number of anilines is 2. The smallest absolute Gasteiger partial charge is 0.190 e. The Morgan fingerprint density at radius 2 is 1.62 bits per heavy atom. The minimum atomic E-state index is 0.682. The van der Waals surface area contributed by atoms with E-state index in [-0.39, 0.29) is 0 Å². The first-order valence-corrected chi connectivity index (χ1v) is 11.0. The summed E-state index contributed by atoms with van der Waals surface area (Å²) in [6.07, 6.45) is 2.25. The number of methoxy groups -OCH3 is 2. The van der Waals surface area contributed by atoms with Crippen LogP contribution in [0.15, 0.2) is 36.4 Å². The quantitative estimate of drug-likeness (QED) is 0.392. The fourth-order valence-electron chi connectivity index (χ4n) is 4.16. The molecule has 144 valence electrons. The van der Waals surface area contributed by atoms with Crippen molar-refractivity contribution in [3.8, 4) is 11.5 Å². The van der Waals surface area contributed by atoms with Gasteiger partial charge < -0.3 is 14.8 Å². The maximum atomic E-state index is 5.40. The number of ether oxygens (including phenoxy) is 2. The second kappa shape index (κ2) is 6.30. The van der Waals surface area contributed by atoms with E-state index in [0.29, 0.717) is 11.5 Å². The average Bonchev–Trinajstić information content (AvgIpc) is 3.44. The van der Waals surface area contributed by atoms with Gasteiger partial charge in [0.2, 0.25) is 0 Å². The molecule has 5 nitrogen and oxygen atoms in total. The van der Waals surface area contributed by atoms with Crippen molar-refractivity contribution in [1.29, 1.82) is 0 Å². The Balaban J connectivity index is 1.43. The van der Waals surface area contributed by atoms with Crippen LogP contribution in [0.2, 0.25) is 0 Å². The van der Waals surface area contributed by atoms with Crippen molar-refractivity contribution in [2.75, 3.05) is 19.5 Å². The number of benzene rings is 3. The van der Waals surface area contributed by atoms with Crippen molar-refractivity contribution in [2.45, 2.75) is 12.8 Å². The fraction of sp³-hybridized carbons (Fsp3) is 0.182. The lowest BCUT2D eigenvalue weighted by Crippen LogP contribution is -1.90. The topological polar surface area (TPSA) is 56.3 Å². The molecule has 6 rings (SSSR count). The molecule has 0 unspecified atom stereocenters. The molecule has 3 aromatic carbocycles. The highest BCUT2D eigenvalue weighted by atomic mass is 32.1. The van der Waals surface area contributed by atoms with Crippen molar-refractivity contribution in [3.05, 3.63) is 47.5 Å². The number of aromatic nitrogens is 2. The number of rotatable bonds is 4. The lowest BCUT2D eigenvalue weighted by Gasteiger charge is -2.05. The summed E-state index contributed by atoms with van der Waals surface area (Å²) in [5.74, 6) is 1.39. The SMILES string of the molecule is COc1cc2nc(Nc3nc4c(cc5c6c(cccc64)CC5)s3)sc2cc1OC. The summed E-state index contributed by atoms with van der Waals surface area (Å²) >= 11 is 3.26. The molecule has 1 N–H and O–H groups in total. The maximum Gasteiger partial charge on any atom is 0.190 e. The van der Waals surface area contributed by atoms with E-state index in [1.54, 1.807) is 36.9 Å². The van der Waals surface area contributed by atoms with Crippen LogP contribution in [0.4, 0.5) is 10.3 Å². The van der Waals surface area contributed by atoms with Gasteiger partial charge in [0.05, 0.1) is 34.7 Å². The highest BCUT2D eigenvalue weighted by Gasteiger charge is 2.19. The standard InChI is InChI=1S/C22H17N3O2S2/c1-26-15-9-14-17(10-16(15)27-2)28-21(23-14)25-22-24-20-13-5-3-4-11-6-7-12(19(11)13)8-18(20)29-22/h3-5,8-10H,6-7H2,1-2H3,(H,23,24,25). The van der Waals surface area contributed by atoms with Crippen LogP contribution < -0.4 is 14.8 Å². The molecule has 5 aromatic rings. The first-order valence-electron chi connectivity index (χ1n) is 9.37. The summed E-state index contributed by atoms with van der Waals surface area (Å²) in [5.41, 5.74) is 4.83. The highest BCUT2D eigenvalue weighted by molar-refractivity contribution is 7.24. The Bertz CT molecular complexity index is 1380. The summed E-state index contributed by atoms with van der Waals surface area (Å²) < 4.78 is 13.1. The molecule has 1 aliphatic carbocycles. The predicted octanol–water partition coefficient (Wildman–Crippen LogP) is 5.92. The lowest BCUT2D eigenvalue weighted by atomic mass is 10.0. The van der Waals surface area contributed by atoms with Gasteiger partial charge in [-0.25, -0.2) is 9.97 Å². The number of thiazole rings is 2. The van der Waals surface area contributed by atoms with Crippen molar-refractivity contribution >= 4 is 64.1 Å². The Labute approximate surface area is 174 Å². The van der Waals surface area contributed by atoms with Gasteiger partial charge >= 0.3 is 0 Å². The van der Waals surface area contributed by atoms with E-state index in [2.05, 4.69) is 29.6 Å². The van der Waals surface area contributed by atoms with Gasteiger partial charge in [-0.3, -0.25) is 0 Å². The van der Waals surface area contributed by atoms with Gasteiger partial charge in [0, 0.05) is 17.5 Å². The summed E-state index contributed by atoms with van der Waals surface area (Å²) in [4.78, 5) is 9.61. The van der Waals surface area contributed by atoms with E-state index in [0.717, 1.165) is 38.8 Å². The average molecular weight is 420 g/mol. The summed E-state index contributed by atoms with van der Waals surface area (Å²) in [6.45, 7) is 0. The number of hydrogen-bond donors (Lipinski definition) is 1. The molecule has 0 amide bonds. The fourth-order valence-corrected chi connectivity index (χ4v) is 6.04. The molecule has 0 fully saturated rings. The summed E-state index contributed by atoms with van der Waals surface area (Å²) in [7, 11) is 3.28. The van der Waals surface area contributed by atoms with Gasteiger partial charge in [-0.2, -0.15) is 0 Å². The first kappa shape index (κ1) is 17.0.